The molecule has 2 rings (SSSR count). The molecule has 1 fully saturated rings. The van der Waals surface area contributed by atoms with Crippen LogP contribution in [0.1, 0.15) is 45.8 Å². The van der Waals surface area contributed by atoms with Gasteiger partial charge in [-0.25, -0.2) is 22.9 Å². The van der Waals surface area contributed by atoms with Crippen molar-refractivity contribution in [2.75, 3.05) is 18.8 Å². The van der Waals surface area contributed by atoms with Gasteiger partial charge >= 0.3 is 5.97 Å². The highest BCUT2D eigenvalue weighted by Crippen LogP contribution is 2.25. The summed E-state index contributed by atoms with van der Waals surface area (Å²) >= 11 is 0. The fourth-order valence-electron chi connectivity index (χ4n) is 2.32. The van der Waals surface area contributed by atoms with Gasteiger partial charge in [-0.2, -0.15) is 0 Å². The molecule has 1 aliphatic rings. The first kappa shape index (κ1) is 18.3. The highest BCUT2D eigenvalue weighted by molar-refractivity contribution is 7.89. The summed E-state index contributed by atoms with van der Waals surface area (Å²) in [6.07, 6.45) is 3.25. The van der Waals surface area contributed by atoms with E-state index in [4.69, 9.17) is 5.11 Å². The van der Waals surface area contributed by atoms with E-state index in [9.17, 15) is 18.0 Å². The first-order valence-corrected chi connectivity index (χ1v) is 9.40. The van der Waals surface area contributed by atoms with Crippen LogP contribution in [-0.4, -0.2) is 49.2 Å². The smallest absolute Gasteiger partial charge is 0.337 e. The molecule has 132 valence electrons. The van der Waals surface area contributed by atoms with Crippen molar-refractivity contribution in [2.45, 2.75) is 26.2 Å². The summed E-state index contributed by atoms with van der Waals surface area (Å²) < 4.78 is 26.2. The normalized spacial score (nSPS) is 14.9. The molecule has 0 bridgehead atoms. The molecule has 0 atom stereocenters. The minimum Gasteiger partial charge on any atom is -0.478 e. The summed E-state index contributed by atoms with van der Waals surface area (Å²) in [7, 11) is -3.42. The maximum Gasteiger partial charge on any atom is 0.337 e. The molecule has 1 heterocycles. The lowest BCUT2D eigenvalue weighted by atomic mass is 9.86. The van der Waals surface area contributed by atoms with Crippen molar-refractivity contribution in [3.63, 3.8) is 0 Å². The van der Waals surface area contributed by atoms with Gasteiger partial charge in [0.05, 0.1) is 17.0 Å². The monoisotopic (exact) mass is 355 g/mol. The summed E-state index contributed by atoms with van der Waals surface area (Å²) in [6.45, 7) is 1.91. The Hall–Kier alpha value is -2.00. The van der Waals surface area contributed by atoms with Gasteiger partial charge < -0.3 is 10.4 Å². The van der Waals surface area contributed by atoms with E-state index in [0.29, 0.717) is 12.5 Å². The Balaban J connectivity index is 1.82. The first-order valence-electron chi connectivity index (χ1n) is 7.75. The molecular weight excluding hydrogens is 334 g/mol. The number of pyridine rings is 1. The molecule has 24 heavy (non-hydrogen) atoms. The minimum absolute atomic E-state index is 0.0225. The third kappa shape index (κ3) is 5.00. The molecule has 3 N–H and O–H groups in total. The Kier molecular flexibility index (Phi) is 5.89. The largest absolute Gasteiger partial charge is 0.478 e. The van der Waals surface area contributed by atoms with Crippen LogP contribution in [0.2, 0.25) is 0 Å². The van der Waals surface area contributed by atoms with Gasteiger partial charge in [0.15, 0.2) is 0 Å². The van der Waals surface area contributed by atoms with Crippen molar-refractivity contribution in [3.05, 3.63) is 29.1 Å². The van der Waals surface area contributed by atoms with Crippen molar-refractivity contribution >= 4 is 21.9 Å². The zero-order valence-electron chi connectivity index (χ0n) is 13.4. The Morgan fingerprint density at radius 1 is 1.33 bits per heavy atom. The Morgan fingerprint density at radius 3 is 2.58 bits per heavy atom. The van der Waals surface area contributed by atoms with Crippen molar-refractivity contribution in [3.8, 4) is 0 Å². The number of carbonyl (C=O) groups is 2. The fourth-order valence-corrected chi connectivity index (χ4v) is 3.32. The quantitative estimate of drug-likeness (QED) is 0.625. The minimum atomic E-state index is -3.42. The number of carbonyl (C=O) groups excluding carboxylic acids is 1. The third-order valence-electron chi connectivity index (χ3n) is 4.02. The van der Waals surface area contributed by atoms with Crippen molar-refractivity contribution in [1.29, 1.82) is 0 Å². The summed E-state index contributed by atoms with van der Waals surface area (Å²) in [5.41, 5.74) is 0.302. The van der Waals surface area contributed by atoms with Crippen LogP contribution in [0.15, 0.2) is 12.1 Å². The van der Waals surface area contributed by atoms with Crippen LogP contribution in [-0.2, 0) is 10.0 Å². The van der Waals surface area contributed by atoms with Crippen LogP contribution in [0.3, 0.4) is 0 Å². The number of hydrogen-bond acceptors (Lipinski definition) is 5. The number of carboxylic acids is 1. The van der Waals surface area contributed by atoms with Gasteiger partial charge in [-0.1, -0.05) is 6.42 Å². The van der Waals surface area contributed by atoms with Gasteiger partial charge in [0.25, 0.3) is 5.91 Å². The molecule has 1 aromatic rings. The van der Waals surface area contributed by atoms with E-state index in [1.807, 2.05) is 0 Å². The lowest BCUT2D eigenvalue weighted by molar-refractivity contribution is 0.0694. The van der Waals surface area contributed by atoms with Crippen LogP contribution >= 0.6 is 0 Å². The maximum absolute atomic E-state index is 11.9. The molecule has 0 aromatic carbocycles. The number of carboxylic acid groups (broad SMARTS) is 1. The highest BCUT2D eigenvalue weighted by atomic mass is 32.2. The van der Waals surface area contributed by atoms with E-state index in [2.05, 4.69) is 15.0 Å². The van der Waals surface area contributed by atoms with E-state index in [0.717, 1.165) is 19.3 Å². The Morgan fingerprint density at radius 2 is 2.04 bits per heavy atom. The lowest BCUT2D eigenvalue weighted by Gasteiger charge is -2.25. The number of sulfonamides is 1. The van der Waals surface area contributed by atoms with Crippen molar-refractivity contribution in [1.82, 2.24) is 15.0 Å². The third-order valence-corrected chi connectivity index (χ3v) is 5.37. The maximum atomic E-state index is 11.9. The number of aromatic nitrogens is 1. The number of aryl methyl sites for hydroxylation is 1. The lowest BCUT2D eigenvalue weighted by Crippen LogP contribution is -2.37. The summed E-state index contributed by atoms with van der Waals surface area (Å²) in [4.78, 5) is 26.8. The molecule has 0 spiro atoms. The highest BCUT2D eigenvalue weighted by Gasteiger charge is 2.20. The number of rotatable bonds is 8. The van der Waals surface area contributed by atoms with Gasteiger partial charge in [-0.15, -0.1) is 0 Å². The van der Waals surface area contributed by atoms with E-state index in [1.165, 1.54) is 19.1 Å². The van der Waals surface area contributed by atoms with E-state index < -0.39 is 21.9 Å². The van der Waals surface area contributed by atoms with Gasteiger partial charge in [-0.05, 0) is 37.8 Å². The Labute approximate surface area is 140 Å². The standard InChI is InChI=1S/C15H21N3O5S/c1-10-12(15(20)21)5-6-13(18-10)14(19)16-7-8-24(22,23)17-9-11-3-2-4-11/h5-6,11,17H,2-4,7-9H2,1H3,(H,16,19)(H,20,21). The van der Waals surface area contributed by atoms with Gasteiger partial charge in [0.2, 0.25) is 10.0 Å². The fraction of sp³-hybridized carbons (Fsp3) is 0.533. The summed E-state index contributed by atoms with van der Waals surface area (Å²) in [6, 6.07) is 2.60. The molecule has 0 saturated heterocycles. The zero-order chi connectivity index (χ0) is 17.7. The van der Waals surface area contributed by atoms with Crippen LogP contribution in [0.5, 0.6) is 0 Å². The molecule has 1 amide bonds. The van der Waals surface area contributed by atoms with E-state index >= 15 is 0 Å². The summed E-state index contributed by atoms with van der Waals surface area (Å²) in [5.74, 6) is -1.44. The molecule has 9 heteroatoms. The average molecular weight is 355 g/mol. The second kappa shape index (κ2) is 7.71. The van der Waals surface area contributed by atoms with Gasteiger partial charge in [0.1, 0.15) is 5.69 Å². The van der Waals surface area contributed by atoms with E-state index in [1.54, 1.807) is 0 Å². The molecule has 1 saturated carbocycles. The topological polar surface area (TPSA) is 125 Å². The van der Waals surface area contributed by atoms with Crippen LogP contribution in [0, 0.1) is 12.8 Å². The number of nitrogens with zero attached hydrogens (tertiary/aromatic N) is 1. The predicted molar refractivity (Wildman–Crippen MR) is 87.4 cm³/mol. The summed E-state index contributed by atoms with van der Waals surface area (Å²) in [5, 5.41) is 11.4. The van der Waals surface area contributed by atoms with Crippen molar-refractivity contribution in [2.24, 2.45) is 5.92 Å². The molecule has 1 aromatic heterocycles. The molecule has 1 aliphatic carbocycles. The molecule has 0 aliphatic heterocycles. The SMILES string of the molecule is Cc1nc(C(=O)NCCS(=O)(=O)NCC2CCC2)ccc1C(=O)O. The first-order chi connectivity index (χ1) is 11.3. The Bertz CT molecular complexity index is 729. The molecule has 8 nitrogen and oxygen atoms in total. The predicted octanol–water partition coefficient (Wildman–Crippen LogP) is 0.538. The molecule has 0 unspecified atom stereocenters. The number of hydrogen-bond donors (Lipinski definition) is 3. The van der Waals surface area contributed by atoms with E-state index in [-0.39, 0.29) is 29.2 Å². The second-order valence-electron chi connectivity index (χ2n) is 5.85. The van der Waals surface area contributed by atoms with Gasteiger partial charge in [0, 0.05) is 13.1 Å². The van der Waals surface area contributed by atoms with Crippen molar-refractivity contribution < 1.29 is 23.1 Å². The second-order valence-corrected chi connectivity index (χ2v) is 7.78. The zero-order valence-corrected chi connectivity index (χ0v) is 14.2. The average Bonchev–Trinajstić information content (AvgIpc) is 2.44. The molecular formula is C15H21N3O5S. The number of aromatic carboxylic acids is 1. The number of amides is 1. The van der Waals surface area contributed by atoms with Gasteiger partial charge in [-0.3, -0.25) is 4.79 Å². The molecule has 0 radical (unpaired) electrons. The number of nitrogens with one attached hydrogen (secondary N) is 2. The van der Waals surface area contributed by atoms with Crippen LogP contribution in [0.4, 0.5) is 0 Å². The van der Waals surface area contributed by atoms with Crippen LogP contribution in [0.25, 0.3) is 0 Å². The van der Waals surface area contributed by atoms with Crippen LogP contribution < -0.4 is 10.0 Å².